The maximum absolute atomic E-state index is 13.1. The Morgan fingerprint density at radius 1 is 1.21 bits per heavy atom. The first-order valence-corrected chi connectivity index (χ1v) is 10.9. The molecule has 2 aromatic rings. The fourth-order valence-corrected chi connectivity index (χ4v) is 4.52. The highest BCUT2D eigenvalue weighted by atomic mass is 16.5. The lowest BCUT2D eigenvalue weighted by atomic mass is 9.96. The molecule has 0 radical (unpaired) electrons. The summed E-state index contributed by atoms with van der Waals surface area (Å²) in [6, 6.07) is 8.03. The van der Waals surface area contributed by atoms with Crippen LogP contribution in [0.2, 0.25) is 0 Å². The molecule has 1 aliphatic carbocycles. The van der Waals surface area contributed by atoms with Crippen LogP contribution in [0, 0.1) is 6.92 Å². The van der Waals surface area contributed by atoms with Gasteiger partial charge < -0.3 is 19.9 Å². The highest BCUT2D eigenvalue weighted by Gasteiger charge is 2.25. The van der Waals surface area contributed by atoms with Crippen LogP contribution in [0.25, 0.3) is 10.9 Å². The Bertz CT molecular complexity index is 911. The number of carbonyl (C=O) groups excluding carboxylic acids is 1. The summed E-state index contributed by atoms with van der Waals surface area (Å²) < 4.78 is 5.77. The number of amides is 2. The second-order valence-electron chi connectivity index (χ2n) is 8.46. The minimum Gasteiger partial charge on any atom is -0.376 e. The number of pyridine rings is 1. The summed E-state index contributed by atoms with van der Waals surface area (Å²) in [4.78, 5) is 30.6. The van der Waals surface area contributed by atoms with E-state index in [2.05, 4.69) is 10.3 Å². The Balaban J connectivity index is 1.55. The molecule has 6 heteroatoms. The fraction of sp³-hybridized carbons (Fsp3) is 0.565. The lowest BCUT2D eigenvalue weighted by Crippen LogP contribution is -2.48. The van der Waals surface area contributed by atoms with Gasteiger partial charge in [0.1, 0.15) is 0 Å². The molecular weight excluding hydrogens is 366 g/mol. The number of hydrogen-bond acceptors (Lipinski definition) is 3. The van der Waals surface area contributed by atoms with Gasteiger partial charge in [-0.3, -0.25) is 4.79 Å². The molecule has 2 heterocycles. The maximum Gasteiger partial charge on any atom is 0.318 e. The predicted octanol–water partition coefficient (Wildman–Crippen LogP) is 3.86. The summed E-state index contributed by atoms with van der Waals surface area (Å²) in [6.45, 7) is 3.54. The molecule has 1 aromatic carbocycles. The smallest absolute Gasteiger partial charge is 0.318 e. The minimum atomic E-state index is -0.130. The van der Waals surface area contributed by atoms with Crippen molar-refractivity contribution in [3.8, 4) is 0 Å². The molecule has 4 rings (SSSR count). The molecule has 2 aliphatic rings. The summed E-state index contributed by atoms with van der Waals surface area (Å²) in [7, 11) is 0. The quantitative estimate of drug-likeness (QED) is 0.804. The summed E-state index contributed by atoms with van der Waals surface area (Å²) in [5.74, 6) is 0. The highest BCUT2D eigenvalue weighted by Crippen LogP contribution is 2.20. The van der Waals surface area contributed by atoms with Crippen molar-refractivity contribution in [2.75, 3.05) is 13.2 Å². The van der Waals surface area contributed by atoms with Crippen LogP contribution in [-0.2, 0) is 11.3 Å². The number of rotatable bonds is 5. The van der Waals surface area contributed by atoms with E-state index < -0.39 is 0 Å². The van der Waals surface area contributed by atoms with Crippen LogP contribution < -0.4 is 10.9 Å². The molecule has 29 heavy (non-hydrogen) atoms. The van der Waals surface area contributed by atoms with E-state index in [0.717, 1.165) is 48.8 Å². The first-order valence-electron chi connectivity index (χ1n) is 10.9. The highest BCUT2D eigenvalue weighted by molar-refractivity contribution is 5.82. The molecule has 6 nitrogen and oxygen atoms in total. The van der Waals surface area contributed by atoms with Crippen molar-refractivity contribution >= 4 is 16.9 Å². The number of aromatic nitrogens is 1. The predicted molar refractivity (Wildman–Crippen MR) is 114 cm³/mol. The third kappa shape index (κ3) is 4.81. The van der Waals surface area contributed by atoms with Crippen LogP contribution in [0.15, 0.2) is 29.1 Å². The second-order valence-corrected chi connectivity index (χ2v) is 8.46. The summed E-state index contributed by atoms with van der Waals surface area (Å²) in [5.41, 5.74) is 2.38. The molecule has 156 valence electrons. The number of H-pyrrole nitrogens is 1. The zero-order valence-electron chi connectivity index (χ0n) is 17.2. The van der Waals surface area contributed by atoms with E-state index in [-0.39, 0.29) is 30.3 Å². The number of aryl methyl sites for hydroxylation is 1. The Morgan fingerprint density at radius 3 is 2.79 bits per heavy atom. The molecule has 2 N–H and O–H groups in total. The zero-order chi connectivity index (χ0) is 20.2. The molecule has 1 aromatic heterocycles. The Labute approximate surface area is 171 Å². The van der Waals surface area contributed by atoms with Gasteiger partial charge >= 0.3 is 6.03 Å². The zero-order valence-corrected chi connectivity index (χ0v) is 17.2. The lowest BCUT2D eigenvalue weighted by molar-refractivity contribution is 0.0784. The van der Waals surface area contributed by atoms with Gasteiger partial charge in [0.05, 0.1) is 18.2 Å². The lowest BCUT2D eigenvalue weighted by Gasteiger charge is -2.29. The monoisotopic (exact) mass is 397 g/mol. The van der Waals surface area contributed by atoms with Gasteiger partial charge in [0.2, 0.25) is 0 Å². The van der Waals surface area contributed by atoms with Crippen LogP contribution in [0.3, 0.4) is 0 Å². The number of aromatic amines is 1. The average Bonchev–Trinajstić information content (AvgIpc) is 3.23. The Morgan fingerprint density at radius 2 is 2.03 bits per heavy atom. The van der Waals surface area contributed by atoms with Gasteiger partial charge in [0, 0.05) is 24.8 Å². The molecular formula is C23H31N3O3. The molecule has 1 atom stereocenters. The molecule has 2 amide bonds. The van der Waals surface area contributed by atoms with Crippen molar-refractivity contribution in [3.63, 3.8) is 0 Å². The molecule has 1 saturated carbocycles. The first kappa shape index (κ1) is 20.0. The van der Waals surface area contributed by atoms with Gasteiger partial charge in [-0.25, -0.2) is 4.79 Å². The first-order chi connectivity index (χ1) is 14.1. The second kappa shape index (κ2) is 8.99. The van der Waals surface area contributed by atoms with E-state index in [1.54, 1.807) is 4.90 Å². The van der Waals surface area contributed by atoms with Gasteiger partial charge in [-0.05, 0) is 49.6 Å². The third-order valence-electron chi connectivity index (χ3n) is 6.19. The molecule has 0 spiro atoms. The molecule has 0 unspecified atom stereocenters. The number of fused-ring (bicyclic) bond motifs is 1. The van der Waals surface area contributed by atoms with Crippen LogP contribution >= 0.6 is 0 Å². The van der Waals surface area contributed by atoms with Crippen molar-refractivity contribution in [1.82, 2.24) is 15.2 Å². The van der Waals surface area contributed by atoms with E-state index in [1.807, 2.05) is 31.2 Å². The minimum absolute atomic E-state index is 0.0499. The number of carbonyl (C=O) groups is 1. The van der Waals surface area contributed by atoms with Gasteiger partial charge in [-0.2, -0.15) is 0 Å². The van der Waals surface area contributed by atoms with E-state index in [4.69, 9.17) is 4.74 Å². The van der Waals surface area contributed by atoms with E-state index in [0.29, 0.717) is 12.1 Å². The van der Waals surface area contributed by atoms with E-state index in [9.17, 15) is 9.59 Å². The maximum atomic E-state index is 13.1. The van der Waals surface area contributed by atoms with Crippen LogP contribution in [0.4, 0.5) is 4.79 Å². The summed E-state index contributed by atoms with van der Waals surface area (Å²) in [5, 5.41) is 4.19. The topological polar surface area (TPSA) is 74.4 Å². The number of nitrogens with zero attached hydrogens (tertiary/aromatic N) is 1. The third-order valence-corrected chi connectivity index (χ3v) is 6.19. The van der Waals surface area contributed by atoms with Gasteiger partial charge in [0.25, 0.3) is 5.56 Å². The average molecular weight is 398 g/mol. The van der Waals surface area contributed by atoms with E-state index in [1.165, 1.54) is 19.3 Å². The largest absolute Gasteiger partial charge is 0.376 e. The van der Waals surface area contributed by atoms with Crippen LogP contribution in [0.5, 0.6) is 0 Å². The van der Waals surface area contributed by atoms with Crippen LogP contribution in [-0.4, -0.2) is 41.2 Å². The number of ether oxygens (including phenoxy) is 1. The SMILES string of the molecule is Cc1cccc2cc(CN(C[C@@H]3CCCO3)C(=O)NC3CCCCC3)c(=O)[nH]c12. The number of urea groups is 1. The Hall–Kier alpha value is -2.34. The molecule has 2 fully saturated rings. The van der Waals surface area contributed by atoms with Crippen molar-refractivity contribution in [3.05, 3.63) is 45.7 Å². The standard InChI is InChI=1S/C23H31N3O3/c1-16-7-5-8-17-13-18(22(27)25-21(16)17)14-26(15-20-11-6-12-29-20)23(28)24-19-9-3-2-4-10-19/h5,7-8,13,19-20H,2-4,6,9-12,14-15H2,1H3,(H,24,28)(H,25,27)/t20-/m0/s1. The summed E-state index contributed by atoms with van der Waals surface area (Å²) in [6.07, 6.45) is 7.69. The van der Waals surface area contributed by atoms with Gasteiger partial charge in [-0.15, -0.1) is 0 Å². The van der Waals surface area contributed by atoms with Gasteiger partial charge in [0.15, 0.2) is 0 Å². The van der Waals surface area contributed by atoms with Crippen LogP contribution in [0.1, 0.15) is 56.1 Å². The van der Waals surface area contributed by atoms with Gasteiger partial charge in [-0.1, -0.05) is 37.5 Å². The number of para-hydroxylation sites is 1. The van der Waals surface area contributed by atoms with Crippen molar-refractivity contribution < 1.29 is 9.53 Å². The van der Waals surface area contributed by atoms with Crippen molar-refractivity contribution in [2.24, 2.45) is 0 Å². The number of benzene rings is 1. The normalized spacial score (nSPS) is 20.1. The van der Waals surface area contributed by atoms with E-state index >= 15 is 0 Å². The molecule has 0 bridgehead atoms. The van der Waals surface area contributed by atoms with Crippen molar-refractivity contribution in [2.45, 2.75) is 70.6 Å². The Kier molecular flexibility index (Phi) is 6.19. The molecule has 1 saturated heterocycles. The van der Waals surface area contributed by atoms with Crippen molar-refractivity contribution in [1.29, 1.82) is 0 Å². The number of hydrogen-bond donors (Lipinski definition) is 2. The number of nitrogens with one attached hydrogen (secondary N) is 2. The fourth-order valence-electron chi connectivity index (χ4n) is 4.52. The molecule has 1 aliphatic heterocycles. The summed E-state index contributed by atoms with van der Waals surface area (Å²) >= 11 is 0.